The Morgan fingerprint density at radius 2 is 2.11 bits per heavy atom. The minimum atomic E-state index is 0.121. The SMILES string of the molecule is Cc1ccc2c(c1)cc(C(=O)N1CCC[C@@H](c3cc4ncccc4[nH]3)C1)n2C. The Bertz CT molecular complexity index is 1150. The number of fused-ring (bicyclic) bond motifs is 2. The molecule has 1 N–H and O–H groups in total. The molecule has 0 spiro atoms. The van der Waals surface area contributed by atoms with Crippen molar-refractivity contribution in [3.63, 3.8) is 0 Å². The van der Waals surface area contributed by atoms with Crippen LogP contribution in [0.5, 0.6) is 0 Å². The van der Waals surface area contributed by atoms with E-state index in [0.29, 0.717) is 5.92 Å². The number of piperidine rings is 1. The van der Waals surface area contributed by atoms with Crippen molar-refractivity contribution in [2.24, 2.45) is 7.05 Å². The summed E-state index contributed by atoms with van der Waals surface area (Å²) in [6.45, 7) is 3.64. The van der Waals surface area contributed by atoms with E-state index < -0.39 is 0 Å². The van der Waals surface area contributed by atoms with Crippen LogP contribution in [0.2, 0.25) is 0 Å². The van der Waals surface area contributed by atoms with Gasteiger partial charge in [-0.3, -0.25) is 9.78 Å². The largest absolute Gasteiger partial charge is 0.357 e. The minimum Gasteiger partial charge on any atom is -0.357 e. The Morgan fingerprint density at radius 1 is 1.21 bits per heavy atom. The van der Waals surface area contributed by atoms with Crippen LogP contribution in [0.15, 0.2) is 48.7 Å². The molecular formula is C23H24N4O. The highest BCUT2D eigenvalue weighted by atomic mass is 16.2. The Hall–Kier alpha value is -3.08. The average molecular weight is 372 g/mol. The molecule has 5 rings (SSSR count). The van der Waals surface area contributed by atoms with E-state index in [4.69, 9.17) is 0 Å². The van der Waals surface area contributed by atoms with Crippen LogP contribution in [0.3, 0.4) is 0 Å². The van der Waals surface area contributed by atoms with Crippen LogP contribution in [-0.2, 0) is 7.05 Å². The monoisotopic (exact) mass is 372 g/mol. The summed E-state index contributed by atoms with van der Waals surface area (Å²) in [6.07, 6.45) is 3.92. The molecule has 0 unspecified atom stereocenters. The molecule has 0 aliphatic carbocycles. The van der Waals surface area contributed by atoms with Crippen molar-refractivity contribution in [2.75, 3.05) is 13.1 Å². The third-order valence-electron chi connectivity index (χ3n) is 5.98. The summed E-state index contributed by atoms with van der Waals surface area (Å²) in [5, 5.41) is 1.13. The van der Waals surface area contributed by atoms with Crippen LogP contribution in [0.1, 0.15) is 40.5 Å². The van der Waals surface area contributed by atoms with Crippen molar-refractivity contribution in [2.45, 2.75) is 25.7 Å². The molecule has 142 valence electrons. The quantitative estimate of drug-likeness (QED) is 0.568. The number of benzene rings is 1. The number of hydrogen-bond donors (Lipinski definition) is 1. The van der Waals surface area contributed by atoms with E-state index in [1.807, 2.05) is 34.8 Å². The van der Waals surface area contributed by atoms with Crippen LogP contribution < -0.4 is 0 Å². The van der Waals surface area contributed by atoms with Crippen LogP contribution in [0.4, 0.5) is 0 Å². The lowest BCUT2D eigenvalue weighted by atomic mass is 9.94. The van der Waals surface area contributed by atoms with Gasteiger partial charge in [-0.05, 0) is 56.2 Å². The normalized spacial score (nSPS) is 17.5. The second-order valence-electron chi connectivity index (χ2n) is 7.90. The lowest BCUT2D eigenvalue weighted by Crippen LogP contribution is -2.39. The summed E-state index contributed by atoms with van der Waals surface area (Å²) in [5.74, 6) is 0.444. The predicted molar refractivity (Wildman–Crippen MR) is 112 cm³/mol. The maximum absolute atomic E-state index is 13.3. The molecule has 1 saturated heterocycles. The highest BCUT2D eigenvalue weighted by Gasteiger charge is 2.28. The van der Waals surface area contributed by atoms with E-state index in [1.54, 1.807) is 0 Å². The molecule has 1 aromatic carbocycles. The summed E-state index contributed by atoms with van der Waals surface area (Å²) in [7, 11) is 1.98. The molecule has 4 aromatic rings. The molecule has 0 saturated carbocycles. The van der Waals surface area contributed by atoms with Gasteiger partial charge in [0.15, 0.2) is 0 Å². The highest BCUT2D eigenvalue weighted by Crippen LogP contribution is 2.30. The number of amides is 1. The molecule has 28 heavy (non-hydrogen) atoms. The van der Waals surface area contributed by atoms with Gasteiger partial charge < -0.3 is 14.5 Å². The second kappa shape index (κ2) is 6.51. The van der Waals surface area contributed by atoms with Gasteiger partial charge in [-0.15, -0.1) is 0 Å². The molecular weight excluding hydrogens is 348 g/mol. The van der Waals surface area contributed by atoms with E-state index in [9.17, 15) is 4.79 Å². The fourth-order valence-electron chi connectivity index (χ4n) is 4.45. The number of likely N-dealkylation sites (tertiary alicyclic amines) is 1. The van der Waals surface area contributed by atoms with Gasteiger partial charge in [0.05, 0.1) is 11.0 Å². The zero-order valence-corrected chi connectivity index (χ0v) is 16.3. The standard InChI is InChI=1S/C23H24N4O/c1-15-7-8-21-17(11-15)12-22(26(21)2)23(28)27-10-4-5-16(14-27)19-13-20-18(25-19)6-3-9-24-20/h3,6-9,11-13,16,25H,4-5,10,14H2,1-2H3/t16-/m1/s1. The van der Waals surface area contributed by atoms with Gasteiger partial charge in [0.2, 0.25) is 0 Å². The van der Waals surface area contributed by atoms with Crippen molar-refractivity contribution >= 4 is 27.8 Å². The van der Waals surface area contributed by atoms with Gasteiger partial charge in [-0.25, -0.2) is 0 Å². The van der Waals surface area contributed by atoms with E-state index in [0.717, 1.165) is 53.6 Å². The van der Waals surface area contributed by atoms with E-state index in [2.05, 4.69) is 47.2 Å². The Balaban J connectivity index is 1.43. The number of pyridine rings is 1. The van der Waals surface area contributed by atoms with Gasteiger partial charge in [-0.2, -0.15) is 0 Å². The Labute approximate surface area is 164 Å². The number of rotatable bonds is 2. The first-order valence-corrected chi connectivity index (χ1v) is 9.89. The number of carbonyl (C=O) groups is 1. The molecule has 0 radical (unpaired) electrons. The molecule has 1 amide bonds. The first-order valence-electron chi connectivity index (χ1n) is 9.89. The molecule has 4 heterocycles. The fraction of sp³-hybridized carbons (Fsp3) is 0.304. The molecule has 1 atom stereocenters. The molecule has 0 bridgehead atoms. The van der Waals surface area contributed by atoms with Gasteiger partial charge in [0, 0.05) is 48.8 Å². The van der Waals surface area contributed by atoms with Gasteiger partial charge >= 0.3 is 0 Å². The maximum Gasteiger partial charge on any atom is 0.270 e. The van der Waals surface area contributed by atoms with Crippen molar-refractivity contribution in [3.05, 3.63) is 65.6 Å². The van der Waals surface area contributed by atoms with E-state index in [1.165, 1.54) is 11.3 Å². The first-order chi connectivity index (χ1) is 13.6. The average Bonchev–Trinajstić information content (AvgIpc) is 3.28. The van der Waals surface area contributed by atoms with Crippen LogP contribution in [-0.4, -0.2) is 38.4 Å². The van der Waals surface area contributed by atoms with Crippen LogP contribution in [0, 0.1) is 6.92 Å². The van der Waals surface area contributed by atoms with Crippen LogP contribution in [0.25, 0.3) is 21.9 Å². The van der Waals surface area contributed by atoms with Gasteiger partial charge in [0.25, 0.3) is 5.91 Å². The minimum absolute atomic E-state index is 0.121. The first kappa shape index (κ1) is 17.0. The number of aryl methyl sites for hydroxylation is 2. The molecule has 1 aliphatic heterocycles. The van der Waals surface area contributed by atoms with Crippen molar-refractivity contribution in [3.8, 4) is 0 Å². The van der Waals surface area contributed by atoms with Gasteiger partial charge in [-0.1, -0.05) is 11.6 Å². The van der Waals surface area contributed by atoms with Gasteiger partial charge in [0.1, 0.15) is 5.69 Å². The third-order valence-corrected chi connectivity index (χ3v) is 5.98. The van der Waals surface area contributed by atoms with Crippen molar-refractivity contribution in [1.82, 2.24) is 19.4 Å². The summed E-state index contributed by atoms with van der Waals surface area (Å²) in [6, 6.07) is 14.5. The number of hydrogen-bond acceptors (Lipinski definition) is 2. The third kappa shape index (κ3) is 2.78. The Morgan fingerprint density at radius 3 is 2.96 bits per heavy atom. The predicted octanol–water partition coefficient (Wildman–Crippen LogP) is 4.38. The zero-order chi connectivity index (χ0) is 19.3. The zero-order valence-electron chi connectivity index (χ0n) is 16.3. The molecule has 1 aliphatic rings. The molecule has 3 aromatic heterocycles. The molecule has 5 heteroatoms. The Kier molecular flexibility index (Phi) is 3.97. The van der Waals surface area contributed by atoms with Crippen LogP contribution >= 0.6 is 0 Å². The lowest BCUT2D eigenvalue weighted by Gasteiger charge is -2.32. The number of carbonyl (C=O) groups excluding carboxylic acids is 1. The smallest absolute Gasteiger partial charge is 0.270 e. The fourth-order valence-corrected chi connectivity index (χ4v) is 4.45. The van der Waals surface area contributed by atoms with Crippen molar-refractivity contribution < 1.29 is 4.79 Å². The summed E-state index contributed by atoms with van der Waals surface area (Å²) >= 11 is 0. The summed E-state index contributed by atoms with van der Waals surface area (Å²) in [4.78, 5) is 23.2. The molecule has 1 fully saturated rings. The van der Waals surface area contributed by atoms with Crippen molar-refractivity contribution in [1.29, 1.82) is 0 Å². The number of aromatic amines is 1. The number of nitrogens with one attached hydrogen (secondary N) is 1. The van der Waals surface area contributed by atoms with E-state index in [-0.39, 0.29) is 5.91 Å². The maximum atomic E-state index is 13.3. The molecule has 5 nitrogen and oxygen atoms in total. The lowest BCUT2D eigenvalue weighted by molar-refractivity contribution is 0.0697. The number of nitrogens with zero attached hydrogens (tertiary/aromatic N) is 3. The summed E-state index contributed by atoms with van der Waals surface area (Å²) in [5.41, 5.74) is 6.31. The summed E-state index contributed by atoms with van der Waals surface area (Å²) < 4.78 is 2.02. The van der Waals surface area contributed by atoms with E-state index >= 15 is 0 Å². The number of aromatic nitrogens is 3. The highest BCUT2D eigenvalue weighted by molar-refractivity contribution is 5.99. The second-order valence-corrected chi connectivity index (χ2v) is 7.90. The topological polar surface area (TPSA) is 53.9 Å². The number of H-pyrrole nitrogens is 1.